The van der Waals surface area contributed by atoms with Gasteiger partial charge in [-0.15, -0.1) is 0 Å². The third-order valence-corrected chi connectivity index (χ3v) is 0. The van der Waals surface area contributed by atoms with Crippen LogP contribution < -0.4 is 110 Å². The van der Waals surface area contributed by atoms with E-state index in [0.29, 0.717) is 0 Å². The van der Waals surface area contributed by atoms with Crippen molar-refractivity contribution in [3.63, 3.8) is 0 Å². The summed E-state index contributed by atoms with van der Waals surface area (Å²) < 4.78 is 0. The fraction of sp³-hybridized carbons (Fsp3) is 0. The van der Waals surface area contributed by atoms with E-state index in [2.05, 4.69) is 0 Å². The van der Waals surface area contributed by atoms with E-state index < -0.39 is 6.16 Å². The van der Waals surface area contributed by atoms with Gasteiger partial charge in [-0.05, 0) is 0 Å². The average molecular weight is 186 g/mol. The van der Waals surface area contributed by atoms with Crippen molar-refractivity contribution in [1.29, 1.82) is 0 Å². The molecule has 0 aromatic carbocycles. The molecule has 0 aliphatic rings. The van der Waals surface area contributed by atoms with Gasteiger partial charge in [0.2, 0.25) is 0 Å². The molecule has 0 bridgehead atoms. The summed E-state index contributed by atoms with van der Waals surface area (Å²) in [5.74, 6) is 0. The van der Waals surface area contributed by atoms with Crippen LogP contribution in [0.25, 0.3) is 0 Å². The minimum atomic E-state index is -1.83. The van der Waals surface area contributed by atoms with E-state index in [0.717, 1.165) is 0 Å². The molecule has 0 saturated carbocycles. The van der Waals surface area contributed by atoms with Crippen LogP contribution in [-0.4, -0.2) is 27.3 Å². The average Bonchev–Trinajstić information content (AvgIpc) is 0.811. The van der Waals surface area contributed by atoms with E-state index in [1.165, 1.54) is 0 Å². The van der Waals surface area contributed by atoms with E-state index in [-0.39, 0.29) is 126 Å². The van der Waals surface area contributed by atoms with E-state index >= 15 is 0 Å². The Morgan fingerprint density at radius 3 is 1.11 bits per heavy atom. The second-order valence-electron chi connectivity index (χ2n) is 0.283. The molecule has 0 aromatic heterocycles. The summed E-state index contributed by atoms with van der Waals surface area (Å²) in [4.78, 5) is 8.56. The molecule has 0 saturated heterocycles. The standard InChI is InChI=1S/CH2O3.K.2Na.2H2O.3H/c2-1(3)4;;;;;;;;/h(H2,2,3,4);;;;2*1H2;;;/q;3*+1;;;3*-1. The monoisotopic (exact) mass is 186 g/mol. The minimum Gasteiger partial charge on any atom is -1.00 e. The van der Waals surface area contributed by atoms with Crippen molar-refractivity contribution in [3.8, 4) is 0 Å². The maximum Gasteiger partial charge on any atom is 1.00 e. The summed E-state index contributed by atoms with van der Waals surface area (Å²) in [7, 11) is 0. The predicted molar refractivity (Wildman–Crippen MR) is 21.2 cm³/mol. The topological polar surface area (TPSA) is 121 Å². The Balaban J connectivity index is -0.00000000161. The SMILES string of the molecule is O.O.O=C(O)O.[H-].[H-].[H-].[K+].[Na+].[Na+]. The van der Waals surface area contributed by atoms with Gasteiger partial charge in [-0.1, -0.05) is 0 Å². The Labute approximate surface area is 144 Å². The first-order chi connectivity index (χ1) is 1.73. The molecule has 5 nitrogen and oxygen atoms in total. The van der Waals surface area contributed by atoms with Crippen LogP contribution in [0.1, 0.15) is 4.28 Å². The van der Waals surface area contributed by atoms with Crippen LogP contribution >= 0.6 is 0 Å². The number of hydrogen-bond acceptors (Lipinski definition) is 1. The fourth-order valence-electron chi connectivity index (χ4n) is 0. The van der Waals surface area contributed by atoms with Gasteiger partial charge in [0.15, 0.2) is 0 Å². The zero-order chi connectivity index (χ0) is 3.58. The van der Waals surface area contributed by atoms with Crippen LogP contribution in [-0.2, 0) is 0 Å². The summed E-state index contributed by atoms with van der Waals surface area (Å²) in [6.45, 7) is 0. The molecule has 6 N–H and O–H groups in total. The van der Waals surface area contributed by atoms with E-state index in [1.807, 2.05) is 0 Å². The van der Waals surface area contributed by atoms with Crippen LogP contribution in [0.4, 0.5) is 4.79 Å². The van der Waals surface area contributed by atoms with Crippen LogP contribution in [0.3, 0.4) is 0 Å². The zero-order valence-corrected chi connectivity index (χ0v) is 12.9. The maximum absolute atomic E-state index is 8.56. The summed E-state index contributed by atoms with van der Waals surface area (Å²) in [5, 5.41) is 13.9. The zero-order valence-electron chi connectivity index (χ0n) is 8.80. The molecule has 8 heteroatoms. The second-order valence-corrected chi connectivity index (χ2v) is 0.283. The Morgan fingerprint density at radius 2 is 1.11 bits per heavy atom. The summed E-state index contributed by atoms with van der Waals surface area (Å²) in [6, 6.07) is 0. The van der Waals surface area contributed by atoms with Crippen molar-refractivity contribution < 1.29 is 141 Å². The minimum absolute atomic E-state index is 0. The Hall–Kier alpha value is 2.83. The molecule has 46 valence electrons. The van der Waals surface area contributed by atoms with Crippen molar-refractivity contribution >= 4 is 6.16 Å². The first-order valence-electron chi connectivity index (χ1n) is 0.651. The molecule has 9 heavy (non-hydrogen) atoms. The number of hydrogen-bond donors (Lipinski definition) is 2. The molecule has 0 rings (SSSR count). The summed E-state index contributed by atoms with van der Waals surface area (Å²) in [5.41, 5.74) is 0. The normalized spacial score (nSPS) is 2.67. The maximum atomic E-state index is 8.56. The molecular formula is CH9KNa2O5. The first kappa shape index (κ1) is 40.8. The van der Waals surface area contributed by atoms with Gasteiger partial charge in [-0.2, -0.15) is 0 Å². The van der Waals surface area contributed by atoms with E-state index in [4.69, 9.17) is 15.0 Å². The third kappa shape index (κ3) is 106. The van der Waals surface area contributed by atoms with Crippen LogP contribution in [0.5, 0.6) is 0 Å². The quantitative estimate of drug-likeness (QED) is 0.365. The molecule has 0 spiro atoms. The molecule has 0 heterocycles. The number of carbonyl (C=O) groups is 1. The van der Waals surface area contributed by atoms with Gasteiger partial charge in [0, 0.05) is 0 Å². The van der Waals surface area contributed by atoms with Crippen molar-refractivity contribution in [2.75, 3.05) is 0 Å². The van der Waals surface area contributed by atoms with Crippen LogP contribution in [0.15, 0.2) is 0 Å². The Kier molecular flexibility index (Phi) is 140. The van der Waals surface area contributed by atoms with E-state index in [1.54, 1.807) is 0 Å². The number of carboxylic acid groups (broad SMARTS) is 2. The van der Waals surface area contributed by atoms with Crippen molar-refractivity contribution in [1.82, 2.24) is 0 Å². The molecular weight excluding hydrogens is 177 g/mol. The van der Waals surface area contributed by atoms with E-state index in [9.17, 15) is 0 Å². The predicted octanol–water partition coefficient (Wildman–Crippen LogP) is -10.1. The molecule has 0 unspecified atom stereocenters. The van der Waals surface area contributed by atoms with Gasteiger partial charge >= 0.3 is 117 Å². The van der Waals surface area contributed by atoms with Crippen LogP contribution in [0, 0.1) is 0 Å². The fourth-order valence-corrected chi connectivity index (χ4v) is 0. The first-order valence-corrected chi connectivity index (χ1v) is 0.651. The summed E-state index contributed by atoms with van der Waals surface area (Å²) in [6.07, 6.45) is -1.83. The molecule has 0 amide bonds. The molecule has 0 atom stereocenters. The van der Waals surface area contributed by atoms with Crippen molar-refractivity contribution in [3.05, 3.63) is 0 Å². The largest absolute Gasteiger partial charge is 1.00 e. The van der Waals surface area contributed by atoms with Gasteiger partial charge in [-0.3, -0.25) is 0 Å². The molecule has 0 aliphatic carbocycles. The van der Waals surface area contributed by atoms with Gasteiger partial charge in [-0.25, -0.2) is 4.79 Å². The Morgan fingerprint density at radius 1 is 1.11 bits per heavy atom. The van der Waals surface area contributed by atoms with Gasteiger partial charge in [0.25, 0.3) is 0 Å². The van der Waals surface area contributed by atoms with Crippen molar-refractivity contribution in [2.45, 2.75) is 0 Å². The molecule has 0 fully saturated rings. The Bertz CT molecular complexity index is 47.7. The number of rotatable bonds is 0. The summed E-state index contributed by atoms with van der Waals surface area (Å²) >= 11 is 0. The van der Waals surface area contributed by atoms with Gasteiger partial charge in [0.1, 0.15) is 0 Å². The third-order valence-electron chi connectivity index (χ3n) is 0. The van der Waals surface area contributed by atoms with Crippen LogP contribution in [0.2, 0.25) is 0 Å². The van der Waals surface area contributed by atoms with Gasteiger partial charge in [0.05, 0.1) is 0 Å². The second kappa shape index (κ2) is 30.8. The molecule has 0 aromatic rings. The van der Waals surface area contributed by atoms with Gasteiger partial charge < -0.3 is 25.4 Å². The molecule has 0 aliphatic heterocycles. The van der Waals surface area contributed by atoms with Crippen molar-refractivity contribution in [2.24, 2.45) is 0 Å². The smallest absolute Gasteiger partial charge is 1.00 e. The molecule has 0 radical (unpaired) electrons.